The van der Waals surface area contributed by atoms with E-state index in [-0.39, 0.29) is 5.82 Å². The van der Waals surface area contributed by atoms with E-state index >= 15 is 0 Å². The minimum absolute atomic E-state index is 0.271. The average molecular weight is 315 g/mol. The Labute approximate surface area is 113 Å². The normalized spacial score (nSPS) is 15.8. The number of likely N-dealkylation sites (N-methyl/N-ethyl adjacent to an activating group) is 1. The largest absolute Gasteiger partial charge is 0.343 e. The molecule has 1 aromatic carbocycles. The van der Waals surface area contributed by atoms with Crippen LogP contribution in [0.25, 0.3) is 5.70 Å². The van der Waals surface area contributed by atoms with E-state index in [4.69, 9.17) is 11.6 Å². The van der Waals surface area contributed by atoms with Gasteiger partial charge in [0.05, 0.1) is 10.7 Å². The summed E-state index contributed by atoms with van der Waals surface area (Å²) in [5, 5.41) is 0.606. The summed E-state index contributed by atoms with van der Waals surface area (Å²) in [5.74, 6) is -0.271. The van der Waals surface area contributed by atoms with Crippen LogP contribution in [0.3, 0.4) is 0 Å². The van der Waals surface area contributed by atoms with E-state index in [1.54, 1.807) is 12.1 Å². The lowest BCUT2D eigenvalue weighted by Gasteiger charge is -2.28. The molecule has 0 amide bonds. The van der Waals surface area contributed by atoms with Crippen molar-refractivity contribution in [2.45, 2.75) is 0 Å². The molecule has 1 aliphatic rings. The molecule has 1 heterocycles. The third kappa shape index (κ3) is 2.31. The van der Waals surface area contributed by atoms with Crippen LogP contribution in [0.1, 0.15) is 5.56 Å². The van der Waals surface area contributed by atoms with Crippen LogP contribution in [0.5, 0.6) is 0 Å². The number of hydrogen-bond acceptors (Lipinski definition) is 1. The first-order chi connectivity index (χ1) is 8.00. The summed E-state index contributed by atoms with van der Waals surface area (Å²) in [7, 11) is 1.87. The van der Waals surface area contributed by atoms with E-state index in [2.05, 4.69) is 22.5 Å². The maximum absolute atomic E-state index is 13.0. The van der Waals surface area contributed by atoms with Crippen LogP contribution in [0.15, 0.2) is 52.1 Å². The molecule has 17 heavy (non-hydrogen) atoms. The third-order valence-corrected chi connectivity index (χ3v) is 3.64. The molecule has 0 bridgehead atoms. The van der Waals surface area contributed by atoms with Crippen molar-refractivity contribution in [2.24, 2.45) is 0 Å². The Morgan fingerprint density at radius 1 is 1.35 bits per heavy atom. The zero-order valence-corrected chi connectivity index (χ0v) is 11.5. The molecule has 0 N–H and O–H groups in total. The van der Waals surface area contributed by atoms with Crippen molar-refractivity contribution >= 4 is 33.2 Å². The van der Waals surface area contributed by atoms with Crippen LogP contribution < -0.4 is 0 Å². The van der Waals surface area contributed by atoms with Crippen molar-refractivity contribution in [1.82, 2.24) is 4.90 Å². The monoisotopic (exact) mass is 313 g/mol. The highest BCUT2D eigenvalue weighted by Gasteiger charge is 2.18. The number of halogens is 3. The van der Waals surface area contributed by atoms with Gasteiger partial charge in [-0.05, 0) is 46.3 Å². The number of benzene rings is 1. The summed E-state index contributed by atoms with van der Waals surface area (Å²) in [4.78, 5) is 1.88. The molecule has 0 aromatic heterocycles. The van der Waals surface area contributed by atoms with Crippen LogP contribution in [0, 0.1) is 5.82 Å². The second-order valence-electron chi connectivity index (χ2n) is 3.70. The SMILES string of the molecule is C=C1C(Cl)=CC=C(c2ccc(F)cc2Br)N1C. The fourth-order valence-corrected chi connectivity index (χ4v) is 2.38. The van der Waals surface area contributed by atoms with E-state index in [0.717, 1.165) is 17.0 Å². The van der Waals surface area contributed by atoms with Crippen molar-refractivity contribution in [3.05, 3.63) is 63.5 Å². The van der Waals surface area contributed by atoms with Crippen molar-refractivity contribution in [3.8, 4) is 0 Å². The second-order valence-corrected chi connectivity index (χ2v) is 4.96. The zero-order valence-electron chi connectivity index (χ0n) is 9.17. The fourth-order valence-electron chi connectivity index (χ4n) is 1.63. The number of hydrogen-bond donors (Lipinski definition) is 0. The molecule has 0 saturated heterocycles. The fraction of sp³-hybridized carbons (Fsp3) is 0.0769. The number of allylic oxidation sites excluding steroid dienone is 3. The van der Waals surface area contributed by atoms with Gasteiger partial charge in [-0.25, -0.2) is 4.39 Å². The van der Waals surface area contributed by atoms with E-state index in [1.807, 2.05) is 18.0 Å². The van der Waals surface area contributed by atoms with Gasteiger partial charge in [-0.2, -0.15) is 0 Å². The van der Waals surface area contributed by atoms with Crippen molar-refractivity contribution in [3.63, 3.8) is 0 Å². The maximum atomic E-state index is 13.0. The molecule has 1 aliphatic heterocycles. The lowest BCUT2D eigenvalue weighted by molar-refractivity contribution is 0.608. The molecular formula is C13H10BrClFN. The van der Waals surface area contributed by atoms with Gasteiger partial charge in [0.25, 0.3) is 0 Å². The van der Waals surface area contributed by atoms with E-state index in [0.29, 0.717) is 9.51 Å². The molecule has 0 spiro atoms. The first-order valence-corrected chi connectivity index (χ1v) is 6.13. The van der Waals surface area contributed by atoms with Gasteiger partial charge in [0, 0.05) is 22.8 Å². The first kappa shape index (κ1) is 12.4. The first-order valence-electron chi connectivity index (χ1n) is 4.96. The van der Waals surface area contributed by atoms with Crippen LogP contribution in [-0.2, 0) is 0 Å². The third-order valence-electron chi connectivity index (χ3n) is 2.64. The lowest BCUT2D eigenvalue weighted by Crippen LogP contribution is -2.18. The summed E-state index contributed by atoms with van der Waals surface area (Å²) in [6, 6.07) is 4.59. The highest BCUT2D eigenvalue weighted by molar-refractivity contribution is 9.10. The Kier molecular flexibility index (Phi) is 3.40. The highest BCUT2D eigenvalue weighted by atomic mass is 79.9. The minimum atomic E-state index is -0.271. The Bertz CT molecular complexity index is 548. The Morgan fingerprint density at radius 3 is 2.71 bits per heavy atom. The van der Waals surface area contributed by atoms with Gasteiger partial charge in [-0.15, -0.1) is 0 Å². The van der Waals surface area contributed by atoms with E-state index in [9.17, 15) is 4.39 Å². The topological polar surface area (TPSA) is 3.24 Å². The highest BCUT2D eigenvalue weighted by Crippen LogP contribution is 2.34. The molecule has 88 valence electrons. The summed E-state index contributed by atoms with van der Waals surface area (Å²) in [6.45, 7) is 3.89. The molecule has 0 atom stereocenters. The standard InChI is InChI=1S/C13H10BrClFN/c1-8-12(15)5-6-13(17(8)2)10-4-3-9(16)7-11(10)14/h3-7H,1H2,2H3. The molecule has 0 saturated carbocycles. The Balaban J connectivity index is 2.51. The van der Waals surface area contributed by atoms with Crippen molar-refractivity contribution in [2.75, 3.05) is 7.05 Å². The zero-order chi connectivity index (χ0) is 12.6. The van der Waals surface area contributed by atoms with Gasteiger partial charge in [-0.1, -0.05) is 18.2 Å². The number of nitrogens with zero attached hydrogens (tertiary/aromatic N) is 1. The van der Waals surface area contributed by atoms with Gasteiger partial charge >= 0.3 is 0 Å². The van der Waals surface area contributed by atoms with Crippen LogP contribution in [0.2, 0.25) is 0 Å². The Hall–Kier alpha value is -1.06. The van der Waals surface area contributed by atoms with Gasteiger partial charge in [0.2, 0.25) is 0 Å². The molecule has 1 aromatic rings. The smallest absolute Gasteiger partial charge is 0.124 e. The van der Waals surface area contributed by atoms with Crippen LogP contribution in [-0.4, -0.2) is 11.9 Å². The Morgan fingerprint density at radius 2 is 2.06 bits per heavy atom. The molecule has 0 unspecified atom stereocenters. The minimum Gasteiger partial charge on any atom is -0.343 e. The summed E-state index contributed by atoms with van der Waals surface area (Å²) >= 11 is 9.34. The molecule has 0 fully saturated rings. The molecule has 1 nitrogen and oxygen atoms in total. The van der Waals surface area contributed by atoms with E-state index in [1.165, 1.54) is 12.1 Å². The van der Waals surface area contributed by atoms with Gasteiger partial charge in [0.1, 0.15) is 5.82 Å². The summed E-state index contributed by atoms with van der Waals surface area (Å²) in [6.07, 6.45) is 3.67. The quantitative estimate of drug-likeness (QED) is 0.737. The van der Waals surface area contributed by atoms with Gasteiger partial charge in [0.15, 0.2) is 0 Å². The molecule has 4 heteroatoms. The molecule has 0 aliphatic carbocycles. The lowest BCUT2D eigenvalue weighted by atomic mass is 10.1. The summed E-state index contributed by atoms with van der Waals surface area (Å²) < 4.78 is 13.7. The average Bonchev–Trinajstić information content (AvgIpc) is 2.28. The number of rotatable bonds is 1. The van der Waals surface area contributed by atoms with Crippen LogP contribution in [0.4, 0.5) is 4.39 Å². The molecule has 2 rings (SSSR count). The molecular weight excluding hydrogens is 305 g/mol. The molecule has 0 radical (unpaired) electrons. The predicted molar refractivity (Wildman–Crippen MR) is 72.9 cm³/mol. The summed E-state index contributed by atoms with van der Waals surface area (Å²) in [5.41, 5.74) is 2.54. The van der Waals surface area contributed by atoms with Gasteiger partial charge in [-0.3, -0.25) is 0 Å². The van der Waals surface area contributed by atoms with Gasteiger partial charge < -0.3 is 4.90 Å². The predicted octanol–water partition coefficient (Wildman–Crippen LogP) is 4.51. The van der Waals surface area contributed by atoms with Crippen molar-refractivity contribution < 1.29 is 4.39 Å². The maximum Gasteiger partial charge on any atom is 0.124 e. The van der Waals surface area contributed by atoms with Crippen LogP contribution >= 0.6 is 27.5 Å². The van der Waals surface area contributed by atoms with E-state index < -0.39 is 0 Å². The van der Waals surface area contributed by atoms with Crippen molar-refractivity contribution in [1.29, 1.82) is 0 Å². The second kappa shape index (κ2) is 4.67.